The Kier molecular flexibility index (Phi) is 3.73. The summed E-state index contributed by atoms with van der Waals surface area (Å²) in [4.78, 5) is 20.3. The van der Waals surface area contributed by atoms with Crippen LogP contribution in [0.1, 0.15) is 10.4 Å². The van der Waals surface area contributed by atoms with Gasteiger partial charge in [-0.3, -0.25) is 9.78 Å². The van der Waals surface area contributed by atoms with Crippen molar-refractivity contribution in [2.75, 3.05) is 5.32 Å². The maximum atomic E-state index is 12.2. The predicted molar refractivity (Wildman–Crippen MR) is 84.0 cm³/mol. The lowest BCUT2D eigenvalue weighted by atomic mass is 10.1. The molecule has 0 aliphatic heterocycles. The Balaban J connectivity index is 1.99. The summed E-state index contributed by atoms with van der Waals surface area (Å²) in [6, 6.07) is 10.2. The molecule has 0 saturated carbocycles. The number of fused-ring (bicyclic) bond motifs is 1. The second kappa shape index (κ2) is 5.68. The van der Waals surface area contributed by atoms with Crippen molar-refractivity contribution in [3.05, 3.63) is 64.5 Å². The van der Waals surface area contributed by atoms with Gasteiger partial charge in [0, 0.05) is 23.3 Å². The Morgan fingerprint density at radius 3 is 2.71 bits per heavy atom. The fourth-order valence-corrected chi connectivity index (χ4v) is 2.37. The molecule has 0 bridgehead atoms. The summed E-state index contributed by atoms with van der Waals surface area (Å²) in [5.74, 6) is -0.272. The molecule has 21 heavy (non-hydrogen) atoms. The second-order valence-electron chi connectivity index (χ2n) is 4.32. The number of rotatable bonds is 2. The molecule has 2 heterocycles. The van der Waals surface area contributed by atoms with Crippen molar-refractivity contribution in [1.82, 2.24) is 9.97 Å². The average molecular weight is 318 g/mol. The number of nitrogens with zero attached hydrogens (tertiary/aromatic N) is 2. The number of carbonyl (C=O) groups excluding carboxylic acids is 1. The Bertz CT molecular complexity index is 836. The minimum atomic E-state index is -0.272. The molecule has 0 unspecified atom stereocenters. The van der Waals surface area contributed by atoms with Crippen LogP contribution in [0.4, 0.5) is 5.69 Å². The van der Waals surface area contributed by atoms with Gasteiger partial charge < -0.3 is 5.32 Å². The van der Waals surface area contributed by atoms with E-state index in [1.807, 2.05) is 6.07 Å². The van der Waals surface area contributed by atoms with Crippen LogP contribution in [0.25, 0.3) is 10.9 Å². The lowest BCUT2D eigenvalue weighted by molar-refractivity contribution is 0.102. The van der Waals surface area contributed by atoms with Crippen molar-refractivity contribution < 1.29 is 4.79 Å². The Labute approximate surface area is 130 Å². The molecule has 0 atom stereocenters. The van der Waals surface area contributed by atoms with E-state index in [0.717, 1.165) is 5.39 Å². The molecule has 0 saturated heterocycles. The molecule has 0 radical (unpaired) electrons. The standard InChI is InChI=1S/C15H9Cl2N3O/c16-11-3-4-12(10-2-1-6-19-14(10)11)20-15(21)9-5-7-18-13(17)8-9/h1-8H,(H,20,21). The molecule has 3 aromatic rings. The highest BCUT2D eigenvalue weighted by molar-refractivity contribution is 6.35. The molecule has 104 valence electrons. The van der Waals surface area contributed by atoms with Crippen LogP contribution >= 0.6 is 23.2 Å². The van der Waals surface area contributed by atoms with Crippen molar-refractivity contribution in [3.8, 4) is 0 Å². The van der Waals surface area contributed by atoms with Crippen LogP contribution in [0.15, 0.2) is 48.8 Å². The van der Waals surface area contributed by atoms with Gasteiger partial charge in [-0.2, -0.15) is 0 Å². The molecule has 3 rings (SSSR count). The molecule has 0 spiro atoms. The van der Waals surface area contributed by atoms with E-state index in [0.29, 0.717) is 21.8 Å². The highest BCUT2D eigenvalue weighted by Gasteiger charge is 2.11. The van der Waals surface area contributed by atoms with Crippen LogP contribution in [0.2, 0.25) is 10.2 Å². The van der Waals surface area contributed by atoms with Gasteiger partial charge >= 0.3 is 0 Å². The molecule has 1 amide bonds. The summed E-state index contributed by atoms with van der Waals surface area (Å²) in [6.45, 7) is 0. The number of pyridine rings is 2. The summed E-state index contributed by atoms with van der Waals surface area (Å²) >= 11 is 11.9. The maximum absolute atomic E-state index is 12.2. The van der Waals surface area contributed by atoms with E-state index in [2.05, 4.69) is 15.3 Å². The summed E-state index contributed by atoms with van der Waals surface area (Å²) < 4.78 is 0. The number of halogens is 2. The van der Waals surface area contributed by atoms with Crippen molar-refractivity contribution in [3.63, 3.8) is 0 Å². The van der Waals surface area contributed by atoms with Gasteiger partial charge in [0.2, 0.25) is 0 Å². The lowest BCUT2D eigenvalue weighted by Gasteiger charge is -2.09. The average Bonchev–Trinajstić information content (AvgIpc) is 2.50. The zero-order valence-corrected chi connectivity index (χ0v) is 12.2. The molecule has 0 fully saturated rings. The number of anilines is 1. The number of hydrogen-bond donors (Lipinski definition) is 1. The smallest absolute Gasteiger partial charge is 0.255 e. The number of carbonyl (C=O) groups is 1. The molecule has 6 heteroatoms. The maximum Gasteiger partial charge on any atom is 0.255 e. The minimum Gasteiger partial charge on any atom is -0.321 e. The van der Waals surface area contributed by atoms with E-state index in [-0.39, 0.29) is 11.1 Å². The predicted octanol–water partition coefficient (Wildman–Crippen LogP) is 4.19. The molecular weight excluding hydrogens is 309 g/mol. The first kappa shape index (κ1) is 13.8. The highest BCUT2D eigenvalue weighted by atomic mass is 35.5. The van der Waals surface area contributed by atoms with E-state index < -0.39 is 0 Å². The summed E-state index contributed by atoms with van der Waals surface area (Å²) in [7, 11) is 0. The summed E-state index contributed by atoms with van der Waals surface area (Å²) in [5, 5.41) is 4.41. The fourth-order valence-electron chi connectivity index (χ4n) is 1.99. The van der Waals surface area contributed by atoms with Crippen LogP contribution < -0.4 is 5.32 Å². The molecule has 0 aliphatic carbocycles. The first-order chi connectivity index (χ1) is 10.1. The van der Waals surface area contributed by atoms with Crippen LogP contribution in [-0.4, -0.2) is 15.9 Å². The SMILES string of the molecule is O=C(Nc1ccc(Cl)c2ncccc12)c1ccnc(Cl)c1. The topological polar surface area (TPSA) is 54.9 Å². The van der Waals surface area contributed by atoms with E-state index >= 15 is 0 Å². The van der Waals surface area contributed by atoms with Gasteiger partial charge in [-0.1, -0.05) is 23.2 Å². The Hall–Kier alpha value is -2.17. The first-order valence-electron chi connectivity index (χ1n) is 6.11. The molecular formula is C15H9Cl2N3O. The van der Waals surface area contributed by atoms with Crippen molar-refractivity contribution in [2.45, 2.75) is 0 Å². The number of hydrogen-bond acceptors (Lipinski definition) is 3. The zero-order valence-electron chi connectivity index (χ0n) is 10.7. The van der Waals surface area contributed by atoms with Gasteiger partial charge in [-0.05, 0) is 36.4 Å². The Morgan fingerprint density at radius 1 is 1.05 bits per heavy atom. The third-order valence-corrected chi connectivity index (χ3v) is 3.47. The van der Waals surface area contributed by atoms with Gasteiger partial charge in [0.25, 0.3) is 5.91 Å². The highest BCUT2D eigenvalue weighted by Crippen LogP contribution is 2.28. The largest absolute Gasteiger partial charge is 0.321 e. The van der Waals surface area contributed by atoms with E-state index in [4.69, 9.17) is 23.2 Å². The summed E-state index contributed by atoms with van der Waals surface area (Å²) in [5.41, 5.74) is 1.71. The number of benzene rings is 1. The number of nitrogens with one attached hydrogen (secondary N) is 1. The van der Waals surface area contributed by atoms with Crippen molar-refractivity contribution in [2.24, 2.45) is 0 Å². The minimum absolute atomic E-state index is 0.269. The first-order valence-corrected chi connectivity index (χ1v) is 6.87. The summed E-state index contributed by atoms with van der Waals surface area (Å²) in [6.07, 6.45) is 3.14. The van der Waals surface area contributed by atoms with Crippen LogP contribution in [0.5, 0.6) is 0 Å². The third kappa shape index (κ3) is 2.82. The second-order valence-corrected chi connectivity index (χ2v) is 5.11. The van der Waals surface area contributed by atoms with Gasteiger partial charge in [0.05, 0.1) is 16.2 Å². The fraction of sp³-hybridized carbons (Fsp3) is 0. The third-order valence-electron chi connectivity index (χ3n) is 2.96. The van der Waals surface area contributed by atoms with Crippen molar-refractivity contribution >= 4 is 45.7 Å². The molecule has 1 N–H and O–H groups in total. The van der Waals surface area contributed by atoms with Crippen LogP contribution in [-0.2, 0) is 0 Å². The zero-order chi connectivity index (χ0) is 14.8. The van der Waals surface area contributed by atoms with Crippen LogP contribution in [0, 0.1) is 0 Å². The molecule has 2 aromatic heterocycles. The molecule has 0 aliphatic rings. The normalized spacial score (nSPS) is 10.6. The van der Waals surface area contributed by atoms with E-state index in [9.17, 15) is 4.79 Å². The van der Waals surface area contributed by atoms with Gasteiger partial charge in [-0.25, -0.2) is 4.98 Å². The van der Waals surface area contributed by atoms with Gasteiger partial charge in [0.1, 0.15) is 5.15 Å². The van der Waals surface area contributed by atoms with Crippen molar-refractivity contribution in [1.29, 1.82) is 0 Å². The monoisotopic (exact) mass is 317 g/mol. The quantitative estimate of drug-likeness (QED) is 0.721. The van der Waals surface area contributed by atoms with Crippen LogP contribution in [0.3, 0.4) is 0 Å². The number of amides is 1. The van der Waals surface area contributed by atoms with E-state index in [1.165, 1.54) is 12.3 Å². The van der Waals surface area contributed by atoms with Gasteiger partial charge in [-0.15, -0.1) is 0 Å². The Morgan fingerprint density at radius 2 is 1.90 bits per heavy atom. The molecule has 1 aromatic carbocycles. The van der Waals surface area contributed by atoms with Gasteiger partial charge in [0.15, 0.2) is 0 Å². The van der Waals surface area contributed by atoms with E-state index in [1.54, 1.807) is 30.5 Å². The molecule has 4 nitrogen and oxygen atoms in total. The number of aromatic nitrogens is 2. The lowest BCUT2D eigenvalue weighted by Crippen LogP contribution is -2.12.